The smallest absolute Gasteiger partial charge is 0.200 e. The number of piperazine rings is 1. The summed E-state index contributed by atoms with van der Waals surface area (Å²) < 4.78 is 7.04. The molecule has 3 aromatic rings. The fourth-order valence-electron chi connectivity index (χ4n) is 3.77. The lowest BCUT2D eigenvalue weighted by Crippen LogP contribution is -2.59. The van der Waals surface area contributed by atoms with E-state index < -0.39 is 0 Å². The lowest BCUT2D eigenvalue weighted by molar-refractivity contribution is 0.410. The summed E-state index contributed by atoms with van der Waals surface area (Å²) in [6, 6.07) is 10.4. The molecule has 0 aliphatic carbocycles. The van der Waals surface area contributed by atoms with Gasteiger partial charge in [-0.05, 0) is 51.1 Å². The molecule has 0 N–H and O–H groups in total. The number of rotatable bonds is 3. The number of fused-ring (bicyclic) bond motifs is 1. The Hall–Kier alpha value is -2.83. The molecule has 0 saturated carbocycles. The number of ether oxygens (including phenoxy) is 1. The number of hydrogen-bond acceptors (Lipinski definition) is 6. The maximum Gasteiger partial charge on any atom is 0.200 e. The van der Waals surface area contributed by atoms with Crippen molar-refractivity contribution in [2.24, 2.45) is 0 Å². The first-order valence-corrected chi connectivity index (χ1v) is 8.82. The first kappa shape index (κ1) is 16.6. The van der Waals surface area contributed by atoms with Crippen molar-refractivity contribution in [2.45, 2.75) is 26.3 Å². The van der Waals surface area contributed by atoms with Gasteiger partial charge in [-0.3, -0.25) is 0 Å². The Bertz CT molecular complexity index is 917. The van der Waals surface area contributed by atoms with E-state index in [-0.39, 0.29) is 5.54 Å². The summed E-state index contributed by atoms with van der Waals surface area (Å²) in [5.41, 5.74) is 4.06. The van der Waals surface area contributed by atoms with Gasteiger partial charge in [0.25, 0.3) is 0 Å². The Labute approximate surface area is 153 Å². The summed E-state index contributed by atoms with van der Waals surface area (Å²) in [7, 11) is 1.69. The summed E-state index contributed by atoms with van der Waals surface area (Å²) in [5.74, 6) is 0.881. The van der Waals surface area contributed by atoms with Gasteiger partial charge in [-0.2, -0.15) is 9.61 Å². The summed E-state index contributed by atoms with van der Waals surface area (Å²) >= 11 is 0. The zero-order chi connectivity index (χ0) is 18.3. The van der Waals surface area contributed by atoms with E-state index in [0.29, 0.717) is 0 Å². The third-order valence-corrected chi connectivity index (χ3v) is 5.00. The predicted molar refractivity (Wildman–Crippen MR) is 102 cm³/mol. The molecule has 0 atom stereocenters. The van der Waals surface area contributed by atoms with Gasteiger partial charge in [-0.1, -0.05) is 0 Å². The number of aromatic nitrogens is 4. The Morgan fingerprint density at radius 1 is 1.12 bits per heavy atom. The van der Waals surface area contributed by atoms with E-state index in [1.54, 1.807) is 18.0 Å². The number of methoxy groups -OCH3 is 1. The summed E-state index contributed by atoms with van der Waals surface area (Å²) in [6.07, 6.45) is 1.66. The van der Waals surface area contributed by atoms with E-state index in [1.807, 2.05) is 19.1 Å². The Kier molecular flexibility index (Phi) is 3.94. The first-order chi connectivity index (χ1) is 12.5. The Balaban J connectivity index is 1.62. The monoisotopic (exact) mass is 352 g/mol. The van der Waals surface area contributed by atoms with Crippen LogP contribution in [0.1, 0.15) is 19.5 Å². The van der Waals surface area contributed by atoms with Gasteiger partial charge >= 0.3 is 0 Å². The second-order valence-corrected chi connectivity index (χ2v) is 7.35. The predicted octanol–water partition coefficient (Wildman–Crippen LogP) is 2.55. The van der Waals surface area contributed by atoms with Crippen LogP contribution in [0.2, 0.25) is 0 Å². The number of nitrogens with zero attached hydrogens (tertiary/aromatic N) is 6. The third kappa shape index (κ3) is 2.83. The third-order valence-electron chi connectivity index (χ3n) is 5.00. The highest BCUT2D eigenvalue weighted by molar-refractivity contribution is 5.69. The zero-order valence-electron chi connectivity index (χ0n) is 15.7. The molecule has 0 spiro atoms. The van der Waals surface area contributed by atoms with Crippen LogP contribution in [0.4, 0.5) is 11.4 Å². The van der Waals surface area contributed by atoms with Gasteiger partial charge in [-0.15, -0.1) is 10.2 Å². The quantitative estimate of drug-likeness (QED) is 0.722. The van der Waals surface area contributed by atoms with Gasteiger partial charge in [-0.25, -0.2) is 0 Å². The molecule has 3 heterocycles. The number of anilines is 2. The van der Waals surface area contributed by atoms with E-state index in [0.717, 1.165) is 42.4 Å². The minimum atomic E-state index is -0.0268. The molecule has 1 saturated heterocycles. The molecule has 0 amide bonds. The van der Waals surface area contributed by atoms with Crippen LogP contribution in [0.15, 0.2) is 36.7 Å². The van der Waals surface area contributed by atoms with Crippen LogP contribution in [-0.2, 0) is 0 Å². The summed E-state index contributed by atoms with van der Waals surface area (Å²) in [5, 5.41) is 12.7. The molecule has 1 fully saturated rings. The highest BCUT2D eigenvalue weighted by atomic mass is 16.5. The average Bonchev–Trinajstić information content (AvgIpc) is 3.08. The Morgan fingerprint density at radius 3 is 2.58 bits per heavy atom. The molecular formula is C19H24N6O. The minimum Gasteiger partial charge on any atom is -0.497 e. The maximum absolute atomic E-state index is 5.28. The molecular weight excluding hydrogens is 328 g/mol. The molecule has 0 unspecified atom stereocenters. The van der Waals surface area contributed by atoms with Crippen LogP contribution < -0.4 is 14.5 Å². The fourth-order valence-corrected chi connectivity index (χ4v) is 3.77. The van der Waals surface area contributed by atoms with Crippen molar-refractivity contribution in [2.75, 3.05) is 36.5 Å². The van der Waals surface area contributed by atoms with Gasteiger partial charge in [0.05, 0.1) is 24.0 Å². The van der Waals surface area contributed by atoms with Crippen LogP contribution in [-0.4, -0.2) is 52.1 Å². The van der Waals surface area contributed by atoms with Crippen molar-refractivity contribution in [3.05, 3.63) is 42.4 Å². The summed E-state index contributed by atoms with van der Waals surface area (Å²) in [4.78, 5) is 4.84. The van der Waals surface area contributed by atoms with Crippen molar-refractivity contribution in [3.8, 4) is 5.75 Å². The van der Waals surface area contributed by atoms with Crippen LogP contribution in [0.3, 0.4) is 0 Å². The molecule has 26 heavy (non-hydrogen) atoms. The molecule has 2 aromatic heterocycles. The van der Waals surface area contributed by atoms with Gasteiger partial charge in [0.1, 0.15) is 12.1 Å². The zero-order valence-corrected chi connectivity index (χ0v) is 15.7. The maximum atomic E-state index is 5.28. The van der Waals surface area contributed by atoms with E-state index in [4.69, 9.17) is 4.74 Å². The van der Waals surface area contributed by atoms with Crippen molar-refractivity contribution in [1.82, 2.24) is 19.8 Å². The van der Waals surface area contributed by atoms with Gasteiger partial charge in [0, 0.05) is 25.3 Å². The van der Waals surface area contributed by atoms with Gasteiger partial charge < -0.3 is 14.5 Å². The lowest BCUT2D eigenvalue weighted by atomic mass is 9.97. The topological polar surface area (TPSA) is 58.8 Å². The normalized spacial score (nSPS) is 16.9. The van der Waals surface area contributed by atoms with Gasteiger partial charge in [0.15, 0.2) is 0 Å². The highest BCUT2D eigenvalue weighted by Gasteiger charge is 2.35. The van der Waals surface area contributed by atoms with Gasteiger partial charge in [0.2, 0.25) is 5.65 Å². The minimum absolute atomic E-state index is 0.0268. The van der Waals surface area contributed by atoms with Crippen LogP contribution in [0.25, 0.3) is 5.65 Å². The second-order valence-electron chi connectivity index (χ2n) is 7.35. The molecule has 4 rings (SSSR count). The molecule has 1 aliphatic heterocycles. The number of aryl methyl sites for hydroxylation is 1. The Morgan fingerprint density at radius 2 is 1.88 bits per heavy atom. The molecule has 1 aliphatic rings. The van der Waals surface area contributed by atoms with Crippen molar-refractivity contribution in [3.63, 3.8) is 0 Å². The number of hydrogen-bond donors (Lipinski definition) is 0. The van der Waals surface area contributed by atoms with Crippen LogP contribution in [0.5, 0.6) is 5.75 Å². The largest absolute Gasteiger partial charge is 0.497 e. The first-order valence-electron chi connectivity index (χ1n) is 8.82. The molecule has 0 radical (unpaired) electrons. The molecule has 1 aromatic carbocycles. The lowest BCUT2D eigenvalue weighted by Gasteiger charge is -2.49. The average molecular weight is 352 g/mol. The van der Waals surface area contributed by atoms with Crippen LogP contribution >= 0.6 is 0 Å². The van der Waals surface area contributed by atoms with Crippen molar-refractivity contribution >= 4 is 17.0 Å². The molecule has 7 heteroatoms. The standard InChI is InChI=1S/C19H24N6O/c1-14-11-17(18-21-20-13-25(18)22-14)23-9-10-24(19(2,3)12-23)15-5-7-16(26-4)8-6-15/h5-8,11,13H,9-10,12H2,1-4H3. The summed E-state index contributed by atoms with van der Waals surface area (Å²) in [6.45, 7) is 9.30. The number of benzene rings is 1. The van der Waals surface area contributed by atoms with E-state index >= 15 is 0 Å². The van der Waals surface area contributed by atoms with Crippen molar-refractivity contribution in [1.29, 1.82) is 0 Å². The van der Waals surface area contributed by atoms with E-state index in [1.165, 1.54) is 5.69 Å². The van der Waals surface area contributed by atoms with E-state index in [9.17, 15) is 0 Å². The fraction of sp³-hybridized carbons (Fsp3) is 0.421. The van der Waals surface area contributed by atoms with Crippen molar-refractivity contribution < 1.29 is 4.74 Å². The highest BCUT2D eigenvalue weighted by Crippen LogP contribution is 2.32. The van der Waals surface area contributed by atoms with Crippen LogP contribution in [0, 0.1) is 6.92 Å². The molecule has 7 nitrogen and oxygen atoms in total. The molecule has 0 bridgehead atoms. The molecule has 136 valence electrons. The van der Waals surface area contributed by atoms with E-state index in [2.05, 4.69) is 57.1 Å². The SMILES string of the molecule is COc1ccc(N2CCN(c3cc(C)nn4cnnc34)CC2(C)C)cc1. The second kappa shape index (κ2) is 6.16.